The molecule has 8 heteroatoms. The monoisotopic (exact) mass is 461 g/mol. The summed E-state index contributed by atoms with van der Waals surface area (Å²) in [6.07, 6.45) is 0. The molecule has 0 saturated heterocycles. The summed E-state index contributed by atoms with van der Waals surface area (Å²) < 4.78 is 11.5. The molecule has 0 unspecified atom stereocenters. The minimum Gasteiger partial charge on any atom is -0.451 e. The molecule has 0 aliphatic carbocycles. The highest BCUT2D eigenvalue weighted by Crippen LogP contribution is 2.28. The van der Waals surface area contributed by atoms with Crippen molar-refractivity contribution in [3.05, 3.63) is 83.1 Å². The fourth-order valence-electron chi connectivity index (χ4n) is 3.47. The highest BCUT2D eigenvalue weighted by molar-refractivity contribution is 7.80. The van der Waals surface area contributed by atoms with Crippen LogP contribution in [-0.4, -0.2) is 16.0 Å². The topological polar surface area (TPSA) is 80.3 Å². The van der Waals surface area contributed by atoms with Crippen molar-refractivity contribution in [1.82, 2.24) is 10.3 Å². The lowest BCUT2D eigenvalue weighted by Crippen LogP contribution is -2.34. The molecular weight excluding hydrogens is 446 g/mol. The molecule has 0 fully saturated rings. The Balaban J connectivity index is 1.33. The van der Waals surface area contributed by atoms with Gasteiger partial charge in [0.05, 0.1) is 0 Å². The number of oxazole rings is 1. The van der Waals surface area contributed by atoms with Crippen LogP contribution in [-0.2, 0) is 0 Å². The van der Waals surface area contributed by atoms with Crippen LogP contribution in [0, 0.1) is 6.92 Å². The number of rotatable bonds is 3. The number of hydrogen-bond acceptors (Lipinski definition) is 5. The van der Waals surface area contributed by atoms with Crippen molar-refractivity contribution in [3.63, 3.8) is 0 Å². The molecule has 0 spiro atoms. The smallest absolute Gasteiger partial charge is 0.293 e. The quantitative estimate of drug-likeness (QED) is 0.305. The number of aromatic nitrogens is 1. The SMILES string of the molecule is Cc1c(C(=O)NC(=S)Nc2cccc(-c3nc4cc(Cl)ccc4o3)c2)oc2ccccc12. The zero-order chi connectivity index (χ0) is 22.2. The lowest BCUT2D eigenvalue weighted by atomic mass is 10.1. The summed E-state index contributed by atoms with van der Waals surface area (Å²) in [5.41, 5.74) is 4.17. The van der Waals surface area contributed by atoms with Crippen molar-refractivity contribution in [2.45, 2.75) is 6.92 Å². The van der Waals surface area contributed by atoms with Crippen LogP contribution < -0.4 is 10.6 Å². The second-order valence-electron chi connectivity index (χ2n) is 7.17. The van der Waals surface area contributed by atoms with Gasteiger partial charge >= 0.3 is 0 Å². The van der Waals surface area contributed by atoms with Gasteiger partial charge in [-0.25, -0.2) is 4.98 Å². The number of hydrogen-bond donors (Lipinski definition) is 2. The molecule has 0 bridgehead atoms. The summed E-state index contributed by atoms with van der Waals surface area (Å²) in [7, 11) is 0. The molecule has 5 rings (SSSR count). The number of carbonyl (C=O) groups is 1. The maximum Gasteiger partial charge on any atom is 0.293 e. The summed E-state index contributed by atoms with van der Waals surface area (Å²) in [6, 6.07) is 20.1. The average Bonchev–Trinajstić information content (AvgIpc) is 3.35. The average molecular weight is 462 g/mol. The van der Waals surface area contributed by atoms with Crippen molar-refractivity contribution in [2.24, 2.45) is 0 Å². The van der Waals surface area contributed by atoms with E-state index in [0.717, 1.165) is 16.5 Å². The van der Waals surface area contributed by atoms with Gasteiger partial charge in [-0.05, 0) is 61.6 Å². The zero-order valence-electron chi connectivity index (χ0n) is 16.8. The predicted octanol–water partition coefficient (Wildman–Crippen LogP) is 6.33. The van der Waals surface area contributed by atoms with Gasteiger partial charge in [0, 0.05) is 27.2 Å². The number of halogens is 1. The van der Waals surface area contributed by atoms with Crippen molar-refractivity contribution in [1.29, 1.82) is 0 Å². The molecule has 0 aliphatic rings. The van der Waals surface area contributed by atoms with Gasteiger partial charge in [0.25, 0.3) is 5.91 Å². The van der Waals surface area contributed by atoms with Gasteiger partial charge in [-0.1, -0.05) is 35.9 Å². The van der Waals surface area contributed by atoms with Crippen molar-refractivity contribution >= 4 is 62.6 Å². The molecule has 158 valence electrons. The first-order valence-electron chi connectivity index (χ1n) is 9.75. The van der Waals surface area contributed by atoms with E-state index in [1.54, 1.807) is 18.2 Å². The van der Waals surface area contributed by atoms with E-state index in [2.05, 4.69) is 15.6 Å². The van der Waals surface area contributed by atoms with Crippen molar-refractivity contribution in [3.8, 4) is 11.5 Å². The minimum absolute atomic E-state index is 0.149. The van der Waals surface area contributed by atoms with E-state index in [0.29, 0.717) is 33.3 Å². The van der Waals surface area contributed by atoms with Crippen molar-refractivity contribution < 1.29 is 13.6 Å². The number of carbonyl (C=O) groups excluding carboxylic acids is 1. The maximum atomic E-state index is 12.7. The lowest BCUT2D eigenvalue weighted by Gasteiger charge is -2.09. The first-order valence-corrected chi connectivity index (χ1v) is 10.5. The lowest BCUT2D eigenvalue weighted by molar-refractivity contribution is 0.0952. The van der Waals surface area contributed by atoms with Gasteiger partial charge in [-0.2, -0.15) is 0 Å². The Morgan fingerprint density at radius 1 is 1.00 bits per heavy atom. The maximum absolute atomic E-state index is 12.7. The Morgan fingerprint density at radius 3 is 2.69 bits per heavy atom. The van der Waals surface area contributed by atoms with Crippen LogP contribution in [0.15, 0.2) is 75.6 Å². The fraction of sp³-hybridized carbons (Fsp3) is 0.0417. The third kappa shape index (κ3) is 3.84. The van der Waals surface area contributed by atoms with Crippen LogP contribution in [0.4, 0.5) is 5.69 Å². The number of aryl methyl sites for hydroxylation is 1. The summed E-state index contributed by atoms with van der Waals surface area (Å²) in [5, 5.41) is 7.32. The molecule has 2 aromatic heterocycles. The van der Waals surface area contributed by atoms with Crippen LogP contribution >= 0.6 is 23.8 Å². The van der Waals surface area contributed by atoms with E-state index in [1.165, 1.54) is 0 Å². The van der Waals surface area contributed by atoms with Gasteiger partial charge in [0.15, 0.2) is 16.5 Å². The molecule has 0 saturated carbocycles. The zero-order valence-corrected chi connectivity index (χ0v) is 18.4. The number of para-hydroxylation sites is 1. The third-order valence-electron chi connectivity index (χ3n) is 4.99. The van der Waals surface area contributed by atoms with Gasteiger partial charge in [0.1, 0.15) is 11.1 Å². The Kier molecular flexibility index (Phi) is 5.13. The second kappa shape index (κ2) is 8.11. The number of benzene rings is 3. The van der Waals surface area contributed by atoms with E-state index < -0.39 is 5.91 Å². The second-order valence-corrected chi connectivity index (χ2v) is 8.02. The molecule has 32 heavy (non-hydrogen) atoms. The Morgan fingerprint density at radius 2 is 1.84 bits per heavy atom. The molecule has 0 atom stereocenters. The number of nitrogens with zero attached hydrogens (tertiary/aromatic N) is 1. The Bertz CT molecular complexity index is 1510. The number of thiocarbonyl (C=S) groups is 1. The fourth-order valence-corrected chi connectivity index (χ4v) is 3.84. The highest BCUT2D eigenvalue weighted by Gasteiger charge is 2.18. The highest BCUT2D eigenvalue weighted by atomic mass is 35.5. The Hall–Kier alpha value is -3.68. The first kappa shape index (κ1) is 20.2. The van der Waals surface area contributed by atoms with Crippen LogP contribution in [0.25, 0.3) is 33.5 Å². The number of fused-ring (bicyclic) bond motifs is 2. The largest absolute Gasteiger partial charge is 0.451 e. The molecule has 5 aromatic rings. The summed E-state index contributed by atoms with van der Waals surface area (Å²) >= 11 is 11.4. The summed E-state index contributed by atoms with van der Waals surface area (Å²) in [4.78, 5) is 17.2. The first-order chi connectivity index (χ1) is 15.5. The van der Waals surface area contributed by atoms with E-state index in [4.69, 9.17) is 32.7 Å². The molecular formula is C24H16ClN3O3S. The van der Waals surface area contributed by atoms with E-state index in [9.17, 15) is 4.79 Å². The molecule has 0 radical (unpaired) electrons. The molecule has 3 aromatic carbocycles. The number of anilines is 1. The Labute approximate surface area is 193 Å². The van der Waals surface area contributed by atoms with Gasteiger partial charge in [-0.3, -0.25) is 10.1 Å². The van der Waals surface area contributed by atoms with Gasteiger partial charge in [0.2, 0.25) is 5.89 Å². The van der Waals surface area contributed by atoms with Gasteiger partial charge in [-0.15, -0.1) is 0 Å². The predicted molar refractivity (Wildman–Crippen MR) is 129 cm³/mol. The molecule has 2 heterocycles. The molecule has 2 N–H and O–H groups in total. The molecule has 6 nitrogen and oxygen atoms in total. The summed E-state index contributed by atoms with van der Waals surface area (Å²) in [5.74, 6) is 0.274. The number of furan rings is 1. The van der Waals surface area contributed by atoms with Crippen LogP contribution in [0.5, 0.6) is 0 Å². The van der Waals surface area contributed by atoms with Crippen LogP contribution in [0.3, 0.4) is 0 Å². The van der Waals surface area contributed by atoms with E-state index in [-0.39, 0.29) is 10.9 Å². The minimum atomic E-state index is -0.414. The molecule has 0 aliphatic heterocycles. The van der Waals surface area contributed by atoms with E-state index >= 15 is 0 Å². The van der Waals surface area contributed by atoms with E-state index in [1.807, 2.05) is 55.5 Å². The third-order valence-corrected chi connectivity index (χ3v) is 5.43. The summed E-state index contributed by atoms with van der Waals surface area (Å²) in [6.45, 7) is 1.84. The van der Waals surface area contributed by atoms with Crippen molar-refractivity contribution in [2.75, 3.05) is 5.32 Å². The standard InChI is InChI=1S/C24H16ClN3O3S/c1-13-17-7-2-3-8-19(17)30-21(13)22(29)28-24(32)26-16-6-4-5-14(11-16)23-27-18-12-15(25)9-10-20(18)31-23/h2-12H,1H3,(H2,26,28,29,32). The van der Waals surface area contributed by atoms with Gasteiger partial charge < -0.3 is 14.2 Å². The van der Waals surface area contributed by atoms with Crippen LogP contribution in [0.1, 0.15) is 16.1 Å². The number of nitrogens with one attached hydrogen (secondary N) is 2. The molecule has 1 amide bonds. The normalized spacial score (nSPS) is 11.1. The van der Waals surface area contributed by atoms with Crippen LogP contribution in [0.2, 0.25) is 5.02 Å². The number of amides is 1.